The van der Waals surface area contributed by atoms with Crippen molar-refractivity contribution in [2.24, 2.45) is 0 Å². The molecule has 0 unspecified atom stereocenters. The quantitative estimate of drug-likeness (QED) is 0.239. The number of hydrogen-bond acceptors (Lipinski definition) is 6. The van der Waals surface area contributed by atoms with Crippen LogP contribution >= 0.6 is 22.6 Å². The van der Waals surface area contributed by atoms with Gasteiger partial charge in [0.2, 0.25) is 0 Å². The third-order valence-electron chi connectivity index (χ3n) is 5.62. The number of carbonyl (C=O) groups excluding carboxylic acids is 2. The third kappa shape index (κ3) is 5.38. The summed E-state index contributed by atoms with van der Waals surface area (Å²) in [6, 6.07) is 10.7. The molecule has 1 saturated heterocycles. The molecule has 7 heteroatoms. The lowest BCUT2D eigenvalue weighted by atomic mass is 9.80. The zero-order chi connectivity index (χ0) is 23.2. The number of fused-ring (bicyclic) bond motifs is 1. The van der Waals surface area contributed by atoms with Crippen LogP contribution in [0.1, 0.15) is 64.7 Å². The number of alkyl halides is 1. The van der Waals surface area contributed by atoms with E-state index in [4.69, 9.17) is 9.47 Å². The largest absolute Gasteiger partial charge is 0.459 e. The second kappa shape index (κ2) is 8.33. The van der Waals surface area contributed by atoms with Crippen molar-refractivity contribution in [1.82, 2.24) is 5.06 Å². The smallest absolute Gasteiger partial charge is 0.338 e. The van der Waals surface area contributed by atoms with Crippen LogP contribution in [0.3, 0.4) is 0 Å². The lowest BCUT2D eigenvalue weighted by Crippen LogP contribution is -2.60. The number of ether oxygens (including phenoxy) is 2. The van der Waals surface area contributed by atoms with Crippen molar-refractivity contribution in [3.8, 4) is 5.75 Å². The number of esters is 2. The van der Waals surface area contributed by atoms with Gasteiger partial charge in [-0.2, -0.15) is 5.06 Å². The van der Waals surface area contributed by atoms with E-state index in [1.165, 1.54) is 5.06 Å². The van der Waals surface area contributed by atoms with Crippen molar-refractivity contribution in [3.05, 3.63) is 42.0 Å². The van der Waals surface area contributed by atoms with E-state index in [2.05, 4.69) is 0 Å². The minimum absolute atomic E-state index is 0.282. The molecule has 1 N–H and O–H groups in total. The van der Waals surface area contributed by atoms with Gasteiger partial charge in [0.25, 0.3) is 0 Å². The summed E-state index contributed by atoms with van der Waals surface area (Å²) in [4.78, 5) is 24.9. The molecule has 2 aromatic rings. The maximum atomic E-state index is 12.8. The van der Waals surface area contributed by atoms with E-state index in [1.54, 1.807) is 38.1 Å². The van der Waals surface area contributed by atoms with E-state index in [0.717, 1.165) is 10.8 Å². The van der Waals surface area contributed by atoms with Gasteiger partial charge in [0.1, 0.15) is 15.3 Å². The Morgan fingerprint density at radius 2 is 1.58 bits per heavy atom. The first-order valence-corrected chi connectivity index (χ1v) is 11.4. The predicted octanol–water partition coefficient (Wildman–Crippen LogP) is 5.53. The van der Waals surface area contributed by atoms with E-state index in [1.807, 2.05) is 62.4 Å². The number of benzene rings is 2. The van der Waals surface area contributed by atoms with E-state index < -0.39 is 14.5 Å². The molecule has 0 radical (unpaired) electrons. The first-order valence-electron chi connectivity index (χ1n) is 10.3. The SMILES string of the molecule is CC(C)(I)C(=O)Oc1ccc2cc(C(=O)OC3CC(C)(C)N(O)C(C)(C)C3)ccc2c1. The van der Waals surface area contributed by atoms with Crippen LogP contribution < -0.4 is 4.74 Å². The van der Waals surface area contributed by atoms with E-state index in [0.29, 0.717) is 24.2 Å². The van der Waals surface area contributed by atoms with Gasteiger partial charge in [0.05, 0.1) is 5.56 Å². The fourth-order valence-corrected chi connectivity index (χ4v) is 4.23. The molecule has 0 aliphatic carbocycles. The second-order valence-corrected chi connectivity index (χ2v) is 12.7. The lowest BCUT2D eigenvalue weighted by Gasteiger charge is -2.50. The van der Waals surface area contributed by atoms with E-state index >= 15 is 0 Å². The Morgan fingerprint density at radius 1 is 1.03 bits per heavy atom. The van der Waals surface area contributed by atoms with Crippen LogP contribution in [0.5, 0.6) is 5.75 Å². The molecule has 0 amide bonds. The normalized spacial score (nSPS) is 19.2. The number of nitrogens with zero attached hydrogens (tertiary/aromatic N) is 1. The predicted molar refractivity (Wildman–Crippen MR) is 128 cm³/mol. The van der Waals surface area contributed by atoms with Gasteiger partial charge in [-0.25, -0.2) is 4.79 Å². The lowest BCUT2D eigenvalue weighted by molar-refractivity contribution is -0.256. The zero-order valence-corrected chi connectivity index (χ0v) is 21.0. The van der Waals surface area contributed by atoms with E-state index in [9.17, 15) is 14.8 Å². The van der Waals surface area contributed by atoms with E-state index in [-0.39, 0.29) is 18.0 Å². The molecule has 3 rings (SSSR count). The molecular weight excluding hydrogens is 509 g/mol. The van der Waals surface area contributed by atoms with Crippen LogP contribution in [0.2, 0.25) is 0 Å². The first-order chi connectivity index (χ1) is 14.2. The van der Waals surface area contributed by atoms with Crippen molar-refractivity contribution in [2.75, 3.05) is 0 Å². The van der Waals surface area contributed by atoms with Crippen LogP contribution in [0.25, 0.3) is 10.8 Å². The van der Waals surface area contributed by atoms with Gasteiger partial charge in [-0.3, -0.25) is 4.79 Å². The minimum atomic E-state index is -0.615. The number of halogens is 1. The van der Waals surface area contributed by atoms with Gasteiger partial charge in [-0.1, -0.05) is 34.7 Å². The molecule has 168 valence electrons. The number of rotatable bonds is 4. The fraction of sp³-hybridized carbons (Fsp3) is 0.500. The molecule has 1 aliphatic heterocycles. The molecule has 6 nitrogen and oxygen atoms in total. The summed E-state index contributed by atoms with van der Waals surface area (Å²) in [5, 5.41) is 13.5. The number of piperidine rings is 1. The molecule has 1 fully saturated rings. The van der Waals surface area contributed by atoms with Gasteiger partial charge >= 0.3 is 11.9 Å². The Balaban J connectivity index is 1.75. The molecule has 0 spiro atoms. The summed E-state index contributed by atoms with van der Waals surface area (Å²) >= 11 is 2.04. The molecule has 1 aliphatic rings. The highest BCUT2D eigenvalue weighted by Crippen LogP contribution is 2.38. The van der Waals surface area contributed by atoms with Crippen LogP contribution in [-0.2, 0) is 9.53 Å². The Morgan fingerprint density at radius 3 is 2.16 bits per heavy atom. The number of carbonyl (C=O) groups is 2. The van der Waals surface area contributed by atoms with Gasteiger partial charge < -0.3 is 14.7 Å². The molecule has 0 aromatic heterocycles. The van der Waals surface area contributed by atoms with Crippen molar-refractivity contribution < 1.29 is 24.3 Å². The summed E-state index contributed by atoms with van der Waals surface area (Å²) in [5.74, 6) is -0.225. The average Bonchev–Trinajstić information content (AvgIpc) is 2.64. The molecular formula is C24H30INO5. The summed E-state index contributed by atoms with van der Waals surface area (Å²) in [6.07, 6.45) is 0.817. The molecule has 0 bridgehead atoms. The zero-order valence-electron chi connectivity index (χ0n) is 18.9. The topological polar surface area (TPSA) is 76.1 Å². The van der Waals surface area contributed by atoms with Crippen molar-refractivity contribution in [1.29, 1.82) is 0 Å². The maximum absolute atomic E-state index is 12.8. The average molecular weight is 539 g/mol. The summed E-state index contributed by atoms with van der Waals surface area (Å²) in [5.41, 5.74) is -0.514. The molecule has 1 heterocycles. The number of hydrogen-bond donors (Lipinski definition) is 1. The Hall–Kier alpha value is -1.71. The maximum Gasteiger partial charge on any atom is 0.338 e. The molecule has 31 heavy (non-hydrogen) atoms. The summed E-state index contributed by atoms with van der Waals surface area (Å²) in [7, 11) is 0. The van der Waals surface area contributed by atoms with Crippen molar-refractivity contribution in [3.63, 3.8) is 0 Å². The molecule has 0 saturated carbocycles. The van der Waals surface area contributed by atoms with Crippen molar-refractivity contribution >= 4 is 45.3 Å². The molecule has 0 atom stereocenters. The summed E-state index contributed by atoms with van der Waals surface area (Å²) in [6.45, 7) is 11.3. The van der Waals surface area contributed by atoms with Crippen LogP contribution in [-0.4, -0.2) is 42.8 Å². The van der Waals surface area contributed by atoms with Crippen molar-refractivity contribution in [2.45, 2.75) is 75.0 Å². The highest BCUT2D eigenvalue weighted by atomic mass is 127. The van der Waals surface area contributed by atoms with Gasteiger partial charge in [0.15, 0.2) is 0 Å². The Labute approximate surface area is 197 Å². The first kappa shape index (κ1) is 23.9. The minimum Gasteiger partial charge on any atom is -0.459 e. The highest BCUT2D eigenvalue weighted by Gasteiger charge is 2.46. The van der Waals surface area contributed by atoms with Crippen LogP contribution in [0.4, 0.5) is 0 Å². The van der Waals surface area contributed by atoms with Gasteiger partial charge in [0, 0.05) is 23.9 Å². The highest BCUT2D eigenvalue weighted by molar-refractivity contribution is 14.1. The monoisotopic (exact) mass is 539 g/mol. The van der Waals surface area contributed by atoms with Crippen LogP contribution in [0, 0.1) is 0 Å². The Kier molecular flexibility index (Phi) is 6.43. The standard InChI is InChI=1S/C24H30INO5/c1-22(2)13-19(14-23(3,4)26(22)29)30-20(27)17-8-7-16-12-18(10-9-15(16)11-17)31-21(28)24(5,6)25/h7-12,19,29H,13-14H2,1-6H3. The fourth-order valence-electron chi connectivity index (χ4n) is 4.12. The third-order valence-corrected chi connectivity index (χ3v) is 6.06. The number of hydroxylamine groups is 2. The van der Waals surface area contributed by atoms with Gasteiger partial charge in [-0.15, -0.1) is 0 Å². The summed E-state index contributed by atoms with van der Waals surface area (Å²) < 4.78 is 10.6. The van der Waals surface area contributed by atoms with Gasteiger partial charge in [-0.05, 0) is 76.6 Å². The Bertz CT molecular complexity index is 991. The second-order valence-electron chi connectivity index (χ2n) is 9.96. The van der Waals surface area contributed by atoms with Crippen LogP contribution in [0.15, 0.2) is 36.4 Å². The molecule has 2 aromatic carbocycles.